The number of carbonyl (C=O) groups excluding carboxylic acids is 2. The van der Waals surface area contributed by atoms with Crippen LogP contribution in [0, 0.1) is 6.92 Å². The maximum atomic E-state index is 11.1. The Bertz CT molecular complexity index is 331. The fraction of sp³-hybridized carbons (Fsp3) is 0.286. The molecule has 1 aromatic rings. The van der Waals surface area contributed by atoms with Gasteiger partial charge in [0.05, 0.1) is 5.69 Å². The van der Waals surface area contributed by atoms with E-state index in [1.165, 1.54) is 13.0 Å². The number of hydrogen-bond acceptors (Lipinski definition) is 4. The molecule has 70 valence electrons. The summed E-state index contributed by atoms with van der Waals surface area (Å²) in [5.41, 5.74) is 4.87. The summed E-state index contributed by atoms with van der Waals surface area (Å²) in [6.45, 7) is 2.98. The molecular formula is C7H9N3O3. The van der Waals surface area contributed by atoms with E-state index in [2.05, 4.69) is 20.5 Å². The number of amides is 2. The van der Waals surface area contributed by atoms with Crippen molar-refractivity contribution in [1.29, 1.82) is 0 Å². The lowest BCUT2D eigenvalue weighted by molar-refractivity contribution is -0.119. The van der Waals surface area contributed by atoms with E-state index in [0.29, 0.717) is 5.69 Å². The van der Waals surface area contributed by atoms with Crippen LogP contribution in [0.5, 0.6) is 0 Å². The highest BCUT2D eigenvalue weighted by Crippen LogP contribution is 2.00. The van der Waals surface area contributed by atoms with Crippen LogP contribution >= 0.6 is 0 Å². The quantitative estimate of drug-likeness (QED) is 0.588. The average Bonchev–Trinajstić information content (AvgIpc) is 2.47. The second-order valence-electron chi connectivity index (χ2n) is 2.47. The molecule has 0 aliphatic rings. The molecule has 0 aromatic carbocycles. The normalized spacial score (nSPS) is 9.38. The van der Waals surface area contributed by atoms with Crippen LogP contribution in [0.25, 0.3) is 0 Å². The monoisotopic (exact) mass is 183 g/mol. The number of nitrogens with zero attached hydrogens (tertiary/aromatic N) is 1. The van der Waals surface area contributed by atoms with E-state index in [0.717, 1.165) is 0 Å². The molecule has 1 rings (SSSR count). The van der Waals surface area contributed by atoms with E-state index in [9.17, 15) is 9.59 Å². The lowest BCUT2D eigenvalue weighted by atomic mass is 10.4. The molecule has 1 aromatic heterocycles. The fourth-order valence-corrected chi connectivity index (χ4v) is 0.677. The molecule has 0 aliphatic carbocycles. The van der Waals surface area contributed by atoms with Crippen molar-refractivity contribution < 1.29 is 14.1 Å². The average molecular weight is 183 g/mol. The Balaban J connectivity index is 2.54. The van der Waals surface area contributed by atoms with E-state index >= 15 is 0 Å². The van der Waals surface area contributed by atoms with Crippen molar-refractivity contribution in [2.75, 3.05) is 0 Å². The molecule has 0 saturated heterocycles. The largest absolute Gasteiger partial charge is 0.351 e. The van der Waals surface area contributed by atoms with Gasteiger partial charge in [0.25, 0.3) is 0 Å². The minimum Gasteiger partial charge on any atom is -0.351 e. The molecule has 1 heterocycles. The Morgan fingerprint density at radius 3 is 2.62 bits per heavy atom. The van der Waals surface area contributed by atoms with Crippen molar-refractivity contribution in [3.8, 4) is 0 Å². The Hall–Kier alpha value is -1.85. The van der Waals surface area contributed by atoms with Crippen molar-refractivity contribution in [3.63, 3.8) is 0 Å². The summed E-state index contributed by atoms with van der Waals surface area (Å²) >= 11 is 0. The molecule has 0 bridgehead atoms. The van der Waals surface area contributed by atoms with Crippen LogP contribution in [0.3, 0.4) is 0 Å². The summed E-state index contributed by atoms with van der Waals surface area (Å²) in [4.78, 5) is 21.5. The first-order valence-corrected chi connectivity index (χ1v) is 3.60. The lowest BCUT2D eigenvalue weighted by Gasteiger charge is -2.00. The number of carbonyl (C=O) groups is 2. The Morgan fingerprint density at radius 2 is 2.15 bits per heavy atom. The topological polar surface area (TPSA) is 84.2 Å². The number of rotatable bonds is 1. The van der Waals surface area contributed by atoms with Crippen LogP contribution < -0.4 is 10.9 Å². The molecule has 2 amide bonds. The second kappa shape index (κ2) is 3.70. The first-order valence-electron chi connectivity index (χ1n) is 3.60. The molecule has 0 unspecified atom stereocenters. The summed E-state index contributed by atoms with van der Waals surface area (Å²) in [5.74, 6) is -0.827. The third-order valence-corrected chi connectivity index (χ3v) is 1.20. The van der Waals surface area contributed by atoms with Crippen molar-refractivity contribution in [3.05, 3.63) is 17.5 Å². The number of nitrogens with one attached hydrogen (secondary N) is 2. The summed E-state index contributed by atoms with van der Waals surface area (Å²) < 4.78 is 4.65. The molecule has 0 saturated carbocycles. The summed E-state index contributed by atoms with van der Waals surface area (Å²) in [7, 11) is 0. The number of aryl methyl sites for hydroxylation is 1. The highest BCUT2D eigenvalue weighted by Gasteiger charge is 2.10. The van der Waals surface area contributed by atoms with Crippen LogP contribution in [0.4, 0.5) is 0 Å². The fourth-order valence-electron chi connectivity index (χ4n) is 0.677. The van der Waals surface area contributed by atoms with Crippen LogP contribution in [0.2, 0.25) is 0 Å². The van der Waals surface area contributed by atoms with Crippen LogP contribution in [-0.2, 0) is 4.79 Å². The van der Waals surface area contributed by atoms with Gasteiger partial charge in [-0.25, -0.2) is 0 Å². The zero-order valence-corrected chi connectivity index (χ0v) is 7.25. The van der Waals surface area contributed by atoms with E-state index in [1.54, 1.807) is 6.92 Å². The Kier molecular flexibility index (Phi) is 2.63. The van der Waals surface area contributed by atoms with E-state index in [4.69, 9.17) is 0 Å². The van der Waals surface area contributed by atoms with Gasteiger partial charge in [0, 0.05) is 13.0 Å². The molecule has 2 N–H and O–H groups in total. The maximum absolute atomic E-state index is 11.1. The smallest absolute Gasteiger partial charge is 0.308 e. The van der Waals surface area contributed by atoms with Gasteiger partial charge in [-0.3, -0.25) is 20.4 Å². The van der Waals surface area contributed by atoms with Crippen LogP contribution in [0.1, 0.15) is 23.2 Å². The highest BCUT2D eigenvalue weighted by atomic mass is 16.5. The van der Waals surface area contributed by atoms with E-state index in [1.807, 2.05) is 0 Å². The summed E-state index contributed by atoms with van der Waals surface area (Å²) in [6, 6.07) is 1.47. The summed E-state index contributed by atoms with van der Waals surface area (Å²) in [6.07, 6.45) is 0. The highest BCUT2D eigenvalue weighted by molar-refractivity contribution is 5.92. The molecule has 0 aliphatic heterocycles. The van der Waals surface area contributed by atoms with E-state index < -0.39 is 5.91 Å². The van der Waals surface area contributed by atoms with Gasteiger partial charge >= 0.3 is 5.91 Å². The molecule has 0 atom stereocenters. The van der Waals surface area contributed by atoms with Gasteiger partial charge in [0.1, 0.15) is 0 Å². The standard InChI is InChI=1S/C7H9N3O3/c1-4-3-6(13-10-4)7(12)9-8-5(2)11/h3H,1-2H3,(H,8,11)(H,9,12). The predicted octanol–water partition coefficient (Wildman–Crippen LogP) is -0.236. The molecule has 0 spiro atoms. The van der Waals surface area contributed by atoms with Crippen molar-refractivity contribution in [1.82, 2.24) is 16.0 Å². The molecule has 0 fully saturated rings. The van der Waals surface area contributed by atoms with Gasteiger partial charge in [-0.15, -0.1) is 0 Å². The third-order valence-electron chi connectivity index (χ3n) is 1.20. The Labute approximate surface area is 74.2 Å². The number of aromatic nitrogens is 1. The van der Waals surface area contributed by atoms with Crippen molar-refractivity contribution in [2.45, 2.75) is 13.8 Å². The van der Waals surface area contributed by atoms with Gasteiger partial charge < -0.3 is 4.52 Å². The van der Waals surface area contributed by atoms with E-state index in [-0.39, 0.29) is 11.7 Å². The van der Waals surface area contributed by atoms with Crippen molar-refractivity contribution in [2.24, 2.45) is 0 Å². The summed E-state index contributed by atoms with van der Waals surface area (Å²) in [5, 5.41) is 3.52. The zero-order chi connectivity index (χ0) is 9.84. The van der Waals surface area contributed by atoms with Gasteiger partial charge in [0.2, 0.25) is 11.7 Å². The van der Waals surface area contributed by atoms with Crippen molar-refractivity contribution >= 4 is 11.8 Å². The van der Waals surface area contributed by atoms with Gasteiger partial charge in [-0.2, -0.15) is 0 Å². The molecule has 0 radical (unpaired) electrons. The number of hydrazine groups is 1. The molecule has 6 heteroatoms. The molecule has 13 heavy (non-hydrogen) atoms. The minimum atomic E-state index is -0.532. The van der Waals surface area contributed by atoms with Crippen LogP contribution in [-0.4, -0.2) is 17.0 Å². The molecular weight excluding hydrogens is 174 g/mol. The Morgan fingerprint density at radius 1 is 1.46 bits per heavy atom. The maximum Gasteiger partial charge on any atom is 0.308 e. The van der Waals surface area contributed by atoms with Gasteiger partial charge in [-0.1, -0.05) is 5.16 Å². The second-order valence-corrected chi connectivity index (χ2v) is 2.47. The zero-order valence-electron chi connectivity index (χ0n) is 7.25. The first-order chi connectivity index (χ1) is 6.09. The van der Waals surface area contributed by atoms with Crippen LogP contribution in [0.15, 0.2) is 10.6 Å². The van der Waals surface area contributed by atoms with Gasteiger partial charge in [-0.05, 0) is 6.92 Å². The minimum absolute atomic E-state index is 0.0613. The SMILES string of the molecule is CC(=O)NNC(=O)c1cc(C)no1. The third kappa shape index (κ3) is 2.58. The lowest BCUT2D eigenvalue weighted by Crippen LogP contribution is -2.40. The number of hydrogen-bond donors (Lipinski definition) is 2. The molecule has 6 nitrogen and oxygen atoms in total. The first kappa shape index (κ1) is 9.24. The van der Waals surface area contributed by atoms with Gasteiger partial charge in [0.15, 0.2) is 0 Å². The predicted molar refractivity (Wildman–Crippen MR) is 42.5 cm³/mol.